The lowest BCUT2D eigenvalue weighted by molar-refractivity contribution is -0.162. The summed E-state index contributed by atoms with van der Waals surface area (Å²) in [7, 11) is 1.72. The molecule has 0 saturated carbocycles. The highest BCUT2D eigenvalue weighted by atomic mass is 16.7. The maximum atomic E-state index is 11.4. The Balaban J connectivity index is 2.01. The first-order valence-corrected chi connectivity index (χ1v) is 7.03. The molecule has 23 heavy (non-hydrogen) atoms. The lowest BCUT2D eigenvalue weighted by atomic mass is 10.0. The van der Waals surface area contributed by atoms with Crippen LogP contribution in [0.4, 0.5) is 0 Å². The van der Waals surface area contributed by atoms with Crippen LogP contribution in [0.3, 0.4) is 0 Å². The van der Waals surface area contributed by atoms with Gasteiger partial charge in [-0.25, -0.2) is 0 Å². The van der Waals surface area contributed by atoms with E-state index in [2.05, 4.69) is 4.98 Å². The molecule has 0 fully saturated rings. The summed E-state index contributed by atoms with van der Waals surface area (Å²) in [6.07, 6.45) is -0.894. The number of aromatic nitrogens is 2. The minimum atomic E-state index is -0.894. The van der Waals surface area contributed by atoms with Crippen molar-refractivity contribution in [1.82, 2.24) is 9.55 Å². The van der Waals surface area contributed by atoms with Crippen LogP contribution < -0.4 is 10.4 Å². The minimum absolute atomic E-state index is 0.0873. The van der Waals surface area contributed by atoms with Gasteiger partial charge in [0.05, 0.1) is 11.1 Å². The Morgan fingerprint density at radius 3 is 2.96 bits per heavy atom. The monoisotopic (exact) mass is 311 g/mol. The van der Waals surface area contributed by atoms with Crippen LogP contribution in [-0.4, -0.2) is 15.5 Å². The molecule has 1 aromatic carbocycles. The number of carbonyl (C=O) groups is 1. The standard InChI is InChI=1S/C16H13N3O4/c1-8(20)21-15-10-7-11-14(18-16(17)19(11)2)23-13(10)9-5-3-4-6-12(9)22-15/h3-7,15,17H,1-2H3. The summed E-state index contributed by atoms with van der Waals surface area (Å²) in [5.74, 6) is 1.00. The fraction of sp³-hybridized carbons (Fsp3) is 0.188. The molecule has 0 aliphatic carbocycles. The lowest BCUT2D eigenvalue weighted by Crippen LogP contribution is -2.20. The molecular weight excluding hydrogens is 298 g/mol. The normalized spacial score (nSPS) is 15.7. The molecule has 0 aromatic heterocycles. The molecule has 7 nitrogen and oxygen atoms in total. The van der Waals surface area contributed by atoms with Crippen LogP contribution in [0.1, 0.15) is 18.8 Å². The Labute approximate surface area is 130 Å². The van der Waals surface area contributed by atoms with Crippen LogP contribution >= 0.6 is 0 Å². The van der Waals surface area contributed by atoms with Crippen molar-refractivity contribution in [3.05, 3.63) is 41.5 Å². The molecule has 3 aliphatic heterocycles. The average Bonchev–Trinajstić information content (AvgIpc) is 2.80. The number of para-hydroxylation sites is 1. The fourth-order valence-corrected chi connectivity index (χ4v) is 2.65. The Bertz CT molecular complexity index is 956. The van der Waals surface area contributed by atoms with Crippen molar-refractivity contribution in [1.29, 1.82) is 5.41 Å². The molecule has 1 aromatic rings. The van der Waals surface area contributed by atoms with E-state index in [1.165, 1.54) is 6.92 Å². The first kappa shape index (κ1) is 13.6. The highest BCUT2D eigenvalue weighted by Crippen LogP contribution is 2.44. The summed E-state index contributed by atoms with van der Waals surface area (Å²) < 4.78 is 18.5. The summed E-state index contributed by atoms with van der Waals surface area (Å²) in [5.41, 5.74) is 2.07. The summed E-state index contributed by atoms with van der Waals surface area (Å²) >= 11 is 0. The van der Waals surface area contributed by atoms with Crippen LogP contribution in [0.15, 0.2) is 34.7 Å². The molecule has 3 aliphatic rings. The van der Waals surface area contributed by atoms with E-state index in [0.717, 1.165) is 5.56 Å². The minimum Gasteiger partial charge on any atom is -0.450 e. The van der Waals surface area contributed by atoms with E-state index in [1.54, 1.807) is 23.7 Å². The summed E-state index contributed by atoms with van der Waals surface area (Å²) in [6.45, 7) is 1.32. The number of ether oxygens (including phenoxy) is 2. The molecule has 0 saturated heterocycles. The van der Waals surface area contributed by atoms with Crippen molar-refractivity contribution >= 4 is 5.97 Å². The number of fused-ring (bicyclic) bond motifs is 4. The van der Waals surface area contributed by atoms with Gasteiger partial charge in [0.15, 0.2) is 5.76 Å². The third kappa shape index (κ3) is 2.01. The molecule has 4 rings (SSSR count). The predicted octanol–water partition coefficient (Wildman–Crippen LogP) is 2.22. The van der Waals surface area contributed by atoms with E-state index >= 15 is 0 Å². The van der Waals surface area contributed by atoms with E-state index in [-0.39, 0.29) is 5.62 Å². The average molecular weight is 311 g/mol. The van der Waals surface area contributed by atoms with E-state index in [0.29, 0.717) is 28.7 Å². The molecule has 0 radical (unpaired) electrons. The molecule has 116 valence electrons. The lowest BCUT2D eigenvalue weighted by Gasteiger charge is -2.27. The zero-order valence-electron chi connectivity index (χ0n) is 12.5. The maximum Gasteiger partial charge on any atom is 0.305 e. The highest BCUT2D eigenvalue weighted by molar-refractivity contribution is 5.74. The van der Waals surface area contributed by atoms with Crippen LogP contribution in [-0.2, 0) is 16.6 Å². The molecule has 0 bridgehead atoms. The van der Waals surface area contributed by atoms with Crippen molar-refractivity contribution in [2.24, 2.45) is 7.05 Å². The van der Waals surface area contributed by atoms with Gasteiger partial charge in [-0.2, -0.15) is 4.98 Å². The van der Waals surface area contributed by atoms with E-state index < -0.39 is 12.3 Å². The number of nitrogens with zero attached hydrogens (tertiary/aromatic N) is 2. The maximum absolute atomic E-state index is 11.4. The smallest absolute Gasteiger partial charge is 0.305 e. The molecule has 1 atom stereocenters. The van der Waals surface area contributed by atoms with Crippen molar-refractivity contribution < 1.29 is 18.7 Å². The van der Waals surface area contributed by atoms with Gasteiger partial charge < -0.3 is 18.5 Å². The van der Waals surface area contributed by atoms with Gasteiger partial charge in [-0.1, -0.05) is 12.1 Å². The molecule has 0 spiro atoms. The van der Waals surface area contributed by atoms with Crippen molar-refractivity contribution in [2.45, 2.75) is 13.2 Å². The number of carbonyl (C=O) groups excluding carboxylic acids is 1. The molecule has 0 amide bonds. The second kappa shape index (κ2) is 4.70. The first-order chi connectivity index (χ1) is 11.0. The fourth-order valence-electron chi connectivity index (χ4n) is 2.65. The summed E-state index contributed by atoms with van der Waals surface area (Å²) in [5, 5.41) is 7.80. The Hall–Kier alpha value is -3.09. The second-order valence-electron chi connectivity index (χ2n) is 5.27. The molecule has 1 N–H and O–H groups in total. The first-order valence-electron chi connectivity index (χ1n) is 7.03. The Morgan fingerprint density at radius 1 is 1.39 bits per heavy atom. The van der Waals surface area contributed by atoms with Gasteiger partial charge in [0.2, 0.25) is 11.5 Å². The Kier molecular flexibility index (Phi) is 2.77. The van der Waals surface area contributed by atoms with E-state index in [1.807, 2.05) is 18.2 Å². The predicted molar refractivity (Wildman–Crippen MR) is 78.5 cm³/mol. The highest BCUT2D eigenvalue weighted by Gasteiger charge is 2.32. The van der Waals surface area contributed by atoms with Gasteiger partial charge in [0.1, 0.15) is 11.4 Å². The zero-order chi connectivity index (χ0) is 16.1. The van der Waals surface area contributed by atoms with Crippen LogP contribution in [0.5, 0.6) is 5.75 Å². The quantitative estimate of drug-likeness (QED) is 0.696. The topological polar surface area (TPSA) is 90.3 Å². The van der Waals surface area contributed by atoms with Crippen molar-refractivity contribution in [3.8, 4) is 28.7 Å². The number of hydrogen-bond donors (Lipinski definition) is 1. The van der Waals surface area contributed by atoms with Crippen LogP contribution in [0.2, 0.25) is 0 Å². The van der Waals surface area contributed by atoms with Gasteiger partial charge in [0, 0.05) is 14.0 Å². The van der Waals surface area contributed by atoms with Gasteiger partial charge in [-0.05, 0) is 18.2 Å². The van der Waals surface area contributed by atoms with Gasteiger partial charge in [-0.15, -0.1) is 0 Å². The number of esters is 1. The van der Waals surface area contributed by atoms with Crippen molar-refractivity contribution in [2.75, 3.05) is 0 Å². The molecule has 7 heteroatoms. The van der Waals surface area contributed by atoms with E-state index in [9.17, 15) is 4.79 Å². The van der Waals surface area contributed by atoms with Gasteiger partial charge >= 0.3 is 5.97 Å². The van der Waals surface area contributed by atoms with E-state index in [4.69, 9.17) is 19.3 Å². The molecule has 3 heterocycles. The van der Waals surface area contributed by atoms with Crippen molar-refractivity contribution in [3.63, 3.8) is 0 Å². The number of hydrogen-bond acceptors (Lipinski definition) is 6. The van der Waals surface area contributed by atoms with Gasteiger partial charge in [0.25, 0.3) is 6.29 Å². The number of benzene rings is 1. The number of rotatable bonds is 1. The summed E-state index contributed by atoms with van der Waals surface area (Å²) in [4.78, 5) is 15.5. The SMILES string of the molecule is CC(=O)OC1Oc2ccccc2-c2oc3nc(=N)n(C)c-3cc21. The van der Waals surface area contributed by atoms with Crippen LogP contribution in [0, 0.1) is 5.41 Å². The molecular formula is C16H13N3O4. The third-order valence-corrected chi connectivity index (χ3v) is 3.75. The largest absolute Gasteiger partial charge is 0.450 e. The molecule has 1 unspecified atom stereocenters. The number of nitrogens with one attached hydrogen (secondary N) is 1. The summed E-state index contributed by atoms with van der Waals surface area (Å²) in [6, 6.07) is 9.12. The Morgan fingerprint density at radius 2 is 2.17 bits per heavy atom. The van der Waals surface area contributed by atoms with Crippen LogP contribution in [0.25, 0.3) is 22.9 Å². The third-order valence-electron chi connectivity index (χ3n) is 3.75. The second-order valence-corrected chi connectivity index (χ2v) is 5.27. The van der Waals surface area contributed by atoms with Gasteiger partial charge in [-0.3, -0.25) is 10.2 Å². The number of imidazole rings is 1. The zero-order valence-corrected chi connectivity index (χ0v) is 12.5.